The molecule has 0 aliphatic heterocycles. The first-order valence-electron chi connectivity index (χ1n) is 7.73. The molecule has 0 spiro atoms. The quantitative estimate of drug-likeness (QED) is 0.318. The number of unbranched alkanes of at least 4 members (excludes halogenated alkanes) is 9. The molecule has 19 heavy (non-hydrogen) atoms. The van der Waals surface area contributed by atoms with Crippen LogP contribution in [-0.4, -0.2) is 42.1 Å². The van der Waals surface area contributed by atoms with E-state index < -0.39 is 0 Å². The molecule has 0 unspecified atom stereocenters. The van der Waals surface area contributed by atoms with E-state index in [-0.39, 0.29) is 35.5 Å². The third kappa shape index (κ3) is 18.4. The fourth-order valence-electron chi connectivity index (χ4n) is 1.89. The number of rotatable bonds is 13. The number of nitrogens with one attached hydrogen (secondary N) is 1. The average Bonchev–Trinajstić information content (AvgIpc) is 2.39. The Morgan fingerprint density at radius 1 is 0.842 bits per heavy atom. The third-order valence-corrected chi connectivity index (χ3v) is 3.11. The van der Waals surface area contributed by atoms with Crippen LogP contribution in [0.2, 0.25) is 0 Å². The molecule has 0 atom stereocenters. The number of carbonyl (C=O) groups is 1. The second-order valence-corrected chi connectivity index (χ2v) is 4.90. The van der Waals surface area contributed by atoms with Gasteiger partial charge in [0, 0.05) is 13.0 Å². The van der Waals surface area contributed by atoms with Crippen LogP contribution in [0.15, 0.2) is 0 Å². The molecule has 4 heteroatoms. The van der Waals surface area contributed by atoms with Gasteiger partial charge < -0.3 is 4.84 Å². The maximum atomic E-state index is 10.8. The van der Waals surface area contributed by atoms with E-state index in [1.807, 2.05) is 0 Å². The molecule has 3 nitrogen and oxygen atoms in total. The van der Waals surface area contributed by atoms with E-state index in [2.05, 4.69) is 12.4 Å². The monoisotopic (exact) mass is 281 g/mol. The van der Waals surface area contributed by atoms with Crippen LogP contribution < -0.4 is 5.48 Å². The van der Waals surface area contributed by atoms with Gasteiger partial charge in [-0.3, -0.25) is 4.79 Å². The second-order valence-electron chi connectivity index (χ2n) is 4.90. The minimum absolute atomic E-state index is 0. The molecular formula is C15H32NNaO2. The summed E-state index contributed by atoms with van der Waals surface area (Å²) >= 11 is 0. The normalized spacial score (nSPS) is 10.0. The van der Waals surface area contributed by atoms with Gasteiger partial charge in [-0.2, -0.15) is 5.48 Å². The van der Waals surface area contributed by atoms with Crippen molar-refractivity contribution < 1.29 is 9.63 Å². The van der Waals surface area contributed by atoms with Crippen molar-refractivity contribution in [2.45, 2.75) is 84.5 Å². The summed E-state index contributed by atoms with van der Waals surface area (Å²) in [5.41, 5.74) is 2.71. The van der Waals surface area contributed by atoms with Crippen LogP contribution in [0.1, 0.15) is 84.5 Å². The van der Waals surface area contributed by atoms with Crippen molar-refractivity contribution >= 4 is 35.5 Å². The third-order valence-electron chi connectivity index (χ3n) is 3.11. The van der Waals surface area contributed by atoms with Crippen molar-refractivity contribution in [3.8, 4) is 0 Å². The van der Waals surface area contributed by atoms with Gasteiger partial charge in [-0.05, 0) is 6.42 Å². The summed E-state index contributed by atoms with van der Waals surface area (Å²) in [6.07, 6.45) is 13.7. The predicted molar refractivity (Wildman–Crippen MR) is 83.4 cm³/mol. The van der Waals surface area contributed by atoms with E-state index in [9.17, 15) is 4.79 Å². The number of hydrogen-bond acceptors (Lipinski definition) is 3. The minimum atomic E-state index is -0.179. The summed E-state index contributed by atoms with van der Waals surface area (Å²) in [6.45, 7) is 4.83. The fourth-order valence-corrected chi connectivity index (χ4v) is 1.89. The standard InChI is InChI=1S/C15H31NO2.Na.H/c1-3-5-6-7-8-9-10-11-12-13-14-16-18-15(17)4-2;;/h16H,3-14H2,1-2H3;;. The van der Waals surface area contributed by atoms with Crippen molar-refractivity contribution in [2.75, 3.05) is 6.54 Å². The van der Waals surface area contributed by atoms with E-state index >= 15 is 0 Å². The van der Waals surface area contributed by atoms with Crippen LogP contribution in [-0.2, 0) is 9.63 Å². The summed E-state index contributed by atoms with van der Waals surface area (Å²) < 4.78 is 0. The Labute approximate surface area is 141 Å². The van der Waals surface area contributed by atoms with E-state index in [0.29, 0.717) is 6.42 Å². The second kappa shape index (κ2) is 18.4. The first kappa shape index (κ1) is 21.7. The van der Waals surface area contributed by atoms with Gasteiger partial charge in [0.15, 0.2) is 0 Å². The van der Waals surface area contributed by atoms with Gasteiger partial charge >= 0.3 is 35.5 Å². The number of carbonyl (C=O) groups excluding carboxylic acids is 1. The Morgan fingerprint density at radius 3 is 1.79 bits per heavy atom. The average molecular weight is 281 g/mol. The van der Waals surface area contributed by atoms with Crippen LogP contribution in [0, 0.1) is 0 Å². The molecule has 0 aliphatic carbocycles. The van der Waals surface area contributed by atoms with E-state index in [0.717, 1.165) is 13.0 Å². The molecule has 1 N–H and O–H groups in total. The van der Waals surface area contributed by atoms with Gasteiger partial charge in [-0.15, -0.1) is 0 Å². The molecule has 0 rings (SSSR count). The van der Waals surface area contributed by atoms with Crippen molar-refractivity contribution in [1.82, 2.24) is 5.48 Å². The molecule has 0 aromatic heterocycles. The molecule has 0 radical (unpaired) electrons. The topological polar surface area (TPSA) is 38.3 Å². The van der Waals surface area contributed by atoms with Crippen LogP contribution in [0.3, 0.4) is 0 Å². The van der Waals surface area contributed by atoms with Crippen LogP contribution in [0.25, 0.3) is 0 Å². The summed E-state index contributed by atoms with van der Waals surface area (Å²) in [4.78, 5) is 15.6. The van der Waals surface area contributed by atoms with Gasteiger partial charge in [0.1, 0.15) is 0 Å². The van der Waals surface area contributed by atoms with Gasteiger partial charge in [0.2, 0.25) is 0 Å². The van der Waals surface area contributed by atoms with E-state index in [1.54, 1.807) is 6.92 Å². The first-order chi connectivity index (χ1) is 8.81. The van der Waals surface area contributed by atoms with Gasteiger partial charge in [0.25, 0.3) is 0 Å². The fraction of sp³-hybridized carbons (Fsp3) is 0.933. The van der Waals surface area contributed by atoms with Crippen molar-refractivity contribution in [2.24, 2.45) is 0 Å². The molecule has 0 saturated heterocycles. The number of hydroxylamine groups is 1. The molecule has 0 aromatic rings. The number of hydrogen-bond donors (Lipinski definition) is 1. The Bertz CT molecular complexity index is 189. The molecule has 0 heterocycles. The molecule has 0 amide bonds. The first-order valence-corrected chi connectivity index (χ1v) is 7.73. The molecule has 0 fully saturated rings. The van der Waals surface area contributed by atoms with Crippen LogP contribution >= 0.6 is 0 Å². The maximum absolute atomic E-state index is 10.8. The van der Waals surface area contributed by atoms with Crippen molar-refractivity contribution in [3.05, 3.63) is 0 Å². The predicted octanol–water partition coefficient (Wildman–Crippen LogP) is 3.72. The van der Waals surface area contributed by atoms with Crippen LogP contribution in [0.5, 0.6) is 0 Å². The molecule has 0 aromatic carbocycles. The summed E-state index contributed by atoms with van der Waals surface area (Å²) in [6, 6.07) is 0. The Morgan fingerprint density at radius 2 is 1.32 bits per heavy atom. The van der Waals surface area contributed by atoms with Gasteiger partial charge in [-0.25, -0.2) is 0 Å². The molecule has 110 valence electrons. The van der Waals surface area contributed by atoms with E-state index in [4.69, 9.17) is 4.84 Å². The molecule has 0 aliphatic rings. The summed E-state index contributed by atoms with van der Waals surface area (Å²) in [5, 5.41) is 0. The Kier molecular flexibility index (Phi) is 21.1. The van der Waals surface area contributed by atoms with E-state index in [1.165, 1.54) is 57.8 Å². The zero-order valence-electron chi connectivity index (χ0n) is 12.3. The van der Waals surface area contributed by atoms with Crippen molar-refractivity contribution in [3.63, 3.8) is 0 Å². The summed E-state index contributed by atoms with van der Waals surface area (Å²) in [5.74, 6) is -0.179. The molecule has 0 saturated carbocycles. The van der Waals surface area contributed by atoms with Gasteiger partial charge in [0.05, 0.1) is 0 Å². The van der Waals surface area contributed by atoms with Gasteiger partial charge in [-0.1, -0.05) is 71.6 Å². The van der Waals surface area contributed by atoms with Crippen molar-refractivity contribution in [1.29, 1.82) is 0 Å². The Balaban J connectivity index is 0. The Hall–Kier alpha value is 0.430. The molecular weight excluding hydrogens is 249 g/mol. The zero-order chi connectivity index (χ0) is 13.5. The SMILES string of the molecule is CCCCCCCCCCCCNOC(=O)CC.[NaH]. The zero-order valence-corrected chi connectivity index (χ0v) is 12.3. The van der Waals surface area contributed by atoms with Crippen LogP contribution in [0.4, 0.5) is 0 Å². The molecule has 0 bridgehead atoms. The summed E-state index contributed by atoms with van der Waals surface area (Å²) in [7, 11) is 0.